The van der Waals surface area contributed by atoms with Crippen molar-refractivity contribution in [1.82, 2.24) is 5.32 Å². The maximum absolute atomic E-state index is 11.5. The predicted octanol–water partition coefficient (Wildman–Crippen LogP) is 2.10. The summed E-state index contributed by atoms with van der Waals surface area (Å²) >= 11 is 0. The van der Waals surface area contributed by atoms with Gasteiger partial charge in [-0.3, -0.25) is 14.4 Å². The Morgan fingerprint density at radius 3 is 2.35 bits per heavy atom. The molecule has 0 unspecified atom stereocenters. The molecule has 0 aliphatic carbocycles. The molecule has 108 valence electrons. The van der Waals surface area contributed by atoms with Crippen LogP contribution in [-0.2, 0) is 9.59 Å². The molecule has 5 nitrogen and oxygen atoms in total. The van der Waals surface area contributed by atoms with Gasteiger partial charge in [0.25, 0.3) is 0 Å². The second-order valence-corrected chi connectivity index (χ2v) is 4.36. The summed E-state index contributed by atoms with van der Waals surface area (Å²) in [4.78, 5) is 33.6. The van der Waals surface area contributed by atoms with Crippen molar-refractivity contribution in [3.8, 4) is 5.75 Å². The number of carbonyl (C=O) groups excluding carboxylic acids is 3. The van der Waals surface area contributed by atoms with E-state index in [0.717, 1.165) is 0 Å². The fraction of sp³-hybridized carbons (Fsp3) is 0.400. The standard InChI is InChI=1S/C15H19NO4/c1-3-14(18)12-6-8-13(9-7-12)20-15(19)5-4-10-16-11(2)17/h6-9H,3-5,10H2,1-2H3,(H,16,17). The van der Waals surface area contributed by atoms with E-state index in [2.05, 4.69) is 5.32 Å². The average molecular weight is 277 g/mol. The normalized spacial score (nSPS) is 9.90. The van der Waals surface area contributed by atoms with E-state index < -0.39 is 0 Å². The van der Waals surface area contributed by atoms with Crippen LogP contribution in [-0.4, -0.2) is 24.2 Å². The van der Waals surface area contributed by atoms with Crippen molar-refractivity contribution in [3.63, 3.8) is 0 Å². The minimum absolute atomic E-state index is 0.0539. The lowest BCUT2D eigenvalue weighted by molar-refractivity contribution is -0.134. The molecule has 0 radical (unpaired) electrons. The zero-order chi connectivity index (χ0) is 15.0. The molecule has 5 heteroatoms. The minimum atomic E-state index is -0.357. The van der Waals surface area contributed by atoms with Crippen LogP contribution in [0, 0.1) is 0 Å². The predicted molar refractivity (Wildman–Crippen MR) is 74.6 cm³/mol. The summed E-state index contributed by atoms with van der Waals surface area (Å²) in [6.07, 6.45) is 1.21. The average Bonchev–Trinajstić information content (AvgIpc) is 2.43. The summed E-state index contributed by atoms with van der Waals surface area (Å²) in [5.74, 6) is -0.000156. The van der Waals surface area contributed by atoms with Gasteiger partial charge in [0.1, 0.15) is 5.75 Å². The zero-order valence-corrected chi connectivity index (χ0v) is 11.8. The van der Waals surface area contributed by atoms with Gasteiger partial charge in [0.05, 0.1) is 0 Å². The highest BCUT2D eigenvalue weighted by Crippen LogP contribution is 2.14. The highest BCUT2D eigenvalue weighted by atomic mass is 16.5. The van der Waals surface area contributed by atoms with Crippen LogP contribution in [0.3, 0.4) is 0 Å². The Morgan fingerprint density at radius 2 is 1.80 bits per heavy atom. The molecular weight excluding hydrogens is 258 g/mol. The SMILES string of the molecule is CCC(=O)c1ccc(OC(=O)CCCNC(C)=O)cc1. The van der Waals surface area contributed by atoms with Crippen molar-refractivity contribution < 1.29 is 19.1 Å². The number of amides is 1. The molecule has 0 aromatic heterocycles. The molecule has 0 aliphatic rings. The lowest BCUT2D eigenvalue weighted by atomic mass is 10.1. The highest BCUT2D eigenvalue weighted by molar-refractivity contribution is 5.95. The van der Waals surface area contributed by atoms with E-state index in [1.165, 1.54) is 6.92 Å². The molecule has 0 bridgehead atoms. The number of ketones is 1. The van der Waals surface area contributed by atoms with Crippen LogP contribution in [0.4, 0.5) is 0 Å². The molecule has 1 N–H and O–H groups in total. The van der Waals surface area contributed by atoms with Crippen LogP contribution in [0.5, 0.6) is 5.75 Å². The number of hydrogen-bond acceptors (Lipinski definition) is 4. The van der Waals surface area contributed by atoms with Gasteiger partial charge in [-0.15, -0.1) is 0 Å². The molecule has 0 saturated heterocycles. The Kier molecular flexibility index (Phi) is 6.43. The van der Waals surface area contributed by atoms with Crippen LogP contribution in [0.1, 0.15) is 43.5 Å². The quantitative estimate of drug-likeness (QED) is 0.358. The first-order valence-corrected chi connectivity index (χ1v) is 6.61. The van der Waals surface area contributed by atoms with Crippen LogP contribution in [0.25, 0.3) is 0 Å². The number of rotatable bonds is 7. The number of hydrogen-bond donors (Lipinski definition) is 1. The number of ether oxygens (including phenoxy) is 1. The van der Waals surface area contributed by atoms with Gasteiger partial charge in [0, 0.05) is 31.9 Å². The third kappa shape index (κ3) is 5.65. The Labute approximate surface area is 118 Å². The van der Waals surface area contributed by atoms with Crippen molar-refractivity contribution >= 4 is 17.7 Å². The van der Waals surface area contributed by atoms with Gasteiger partial charge in [-0.1, -0.05) is 6.92 Å². The van der Waals surface area contributed by atoms with Crippen LogP contribution < -0.4 is 10.1 Å². The summed E-state index contributed by atoms with van der Waals surface area (Å²) in [5.41, 5.74) is 0.609. The topological polar surface area (TPSA) is 72.5 Å². The first-order valence-electron chi connectivity index (χ1n) is 6.61. The third-order valence-electron chi connectivity index (χ3n) is 2.66. The second kappa shape index (κ2) is 8.09. The van der Waals surface area contributed by atoms with Gasteiger partial charge >= 0.3 is 5.97 Å². The van der Waals surface area contributed by atoms with Gasteiger partial charge in [0.2, 0.25) is 5.91 Å². The maximum Gasteiger partial charge on any atom is 0.311 e. The van der Waals surface area contributed by atoms with E-state index in [0.29, 0.717) is 30.7 Å². The van der Waals surface area contributed by atoms with E-state index in [-0.39, 0.29) is 24.1 Å². The smallest absolute Gasteiger partial charge is 0.311 e. The summed E-state index contributed by atoms with van der Waals surface area (Å²) < 4.78 is 5.13. The van der Waals surface area contributed by atoms with Gasteiger partial charge in [-0.2, -0.15) is 0 Å². The first-order chi connectivity index (χ1) is 9.52. The van der Waals surface area contributed by atoms with Crippen molar-refractivity contribution in [2.75, 3.05) is 6.54 Å². The summed E-state index contributed by atoms with van der Waals surface area (Å²) in [6, 6.07) is 6.50. The molecule has 0 saturated carbocycles. The molecule has 1 aromatic carbocycles. The summed E-state index contributed by atoms with van der Waals surface area (Å²) in [6.45, 7) is 3.68. The Bertz CT molecular complexity index is 479. The lowest BCUT2D eigenvalue weighted by Crippen LogP contribution is -2.22. The van der Waals surface area contributed by atoms with Gasteiger partial charge in [-0.05, 0) is 30.7 Å². The summed E-state index contributed by atoms with van der Waals surface area (Å²) in [7, 11) is 0. The van der Waals surface area contributed by atoms with Crippen molar-refractivity contribution in [1.29, 1.82) is 0 Å². The monoisotopic (exact) mass is 277 g/mol. The molecule has 1 amide bonds. The fourth-order valence-electron chi connectivity index (χ4n) is 1.59. The van der Waals surface area contributed by atoms with Crippen molar-refractivity contribution in [2.45, 2.75) is 33.1 Å². The van der Waals surface area contributed by atoms with E-state index >= 15 is 0 Å². The molecule has 0 atom stereocenters. The van der Waals surface area contributed by atoms with E-state index in [1.807, 2.05) is 0 Å². The lowest BCUT2D eigenvalue weighted by Gasteiger charge is -2.05. The van der Waals surface area contributed by atoms with Crippen LogP contribution >= 0.6 is 0 Å². The molecule has 1 aromatic rings. The number of nitrogens with one attached hydrogen (secondary N) is 1. The summed E-state index contributed by atoms with van der Waals surface area (Å²) in [5, 5.41) is 2.61. The second-order valence-electron chi connectivity index (χ2n) is 4.36. The van der Waals surface area contributed by atoms with E-state index in [9.17, 15) is 14.4 Å². The molecule has 0 heterocycles. The minimum Gasteiger partial charge on any atom is -0.427 e. The fourth-order valence-corrected chi connectivity index (χ4v) is 1.59. The zero-order valence-electron chi connectivity index (χ0n) is 11.8. The number of Topliss-reactive ketones (excluding diaryl/α,β-unsaturated/α-hetero) is 1. The number of esters is 1. The van der Waals surface area contributed by atoms with E-state index in [4.69, 9.17) is 4.74 Å². The Hall–Kier alpha value is -2.17. The Balaban J connectivity index is 2.38. The first kappa shape index (κ1) is 15.9. The molecule has 0 fully saturated rings. The number of carbonyl (C=O) groups is 3. The Morgan fingerprint density at radius 1 is 1.15 bits per heavy atom. The van der Waals surface area contributed by atoms with Gasteiger partial charge in [0.15, 0.2) is 5.78 Å². The van der Waals surface area contributed by atoms with Crippen LogP contribution in [0.2, 0.25) is 0 Å². The maximum atomic E-state index is 11.5. The van der Waals surface area contributed by atoms with Gasteiger partial charge in [-0.25, -0.2) is 0 Å². The van der Waals surface area contributed by atoms with Crippen molar-refractivity contribution in [2.24, 2.45) is 0 Å². The molecule has 20 heavy (non-hydrogen) atoms. The molecular formula is C15H19NO4. The largest absolute Gasteiger partial charge is 0.427 e. The molecule has 0 aliphatic heterocycles. The van der Waals surface area contributed by atoms with E-state index in [1.54, 1.807) is 31.2 Å². The molecule has 1 rings (SSSR count). The number of benzene rings is 1. The molecule has 0 spiro atoms. The van der Waals surface area contributed by atoms with Crippen molar-refractivity contribution in [3.05, 3.63) is 29.8 Å². The highest BCUT2D eigenvalue weighted by Gasteiger charge is 2.07. The third-order valence-corrected chi connectivity index (χ3v) is 2.66. The van der Waals surface area contributed by atoms with Crippen LogP contribution in [0.15, 0.2) is 24.3 Å². The van der Waals surface area contributed by atoms with Gasteiger partial charge < -0.3 is 10.1 Å².